The molecule has 3 heteroatoms. The van der Waals surface area contributed by atoms with Gasteiger partial charge in [0.2, 0.25) is 0 Å². The van der Waals surface area contributed by atoms with Crippen molar-refractivity contribution >= 4 is 11.5 Å². The summed E-state index contributed by atoms with van der Waals surface area (Å²) in [5, 5.41) is 9.54. The summed E-state index contributed by atoms with van der Waals surface area (Å²) >= 11 is 0. The van der Waals surface area contributed by atoms with Gasteiger partial charge in [0.15, 0.2) is 5.41 Å². The number of hydrogen-bond acceptors (Lipinski definition) is 3. The molecule has 0 heterocycles. The highest BCUT2D eigenvalue weighted by Gasteiger charge is 2.41. The standard InChI is InChI=1S/C17H17NO2/c1-3-13-9-10-17(12-18,16(19)20-4-2)11-14-7-5-6-8-15(13)14/h3,5-9H,1,4,10-11H2,2H3. The van der Waals surface area contributed by atoms with E-state index in [0.717, 1.165) is 16.7 Å². The van der Waals surface area contributed by atoms with Crippen molar-refractivity contribution in [3.05, 3.63) is 54.1 Å². The van der Waals surface area contributed by atoms with Crippen molar-refractivity contribution in [2.45, 2.75) is 19.8 Å². The first kappa shape index (κ1) is 14.1. The Morgan fingerprint density at radius 2 is 2.30 bits per heavy atom. The smallest absolute Gasteiger partial charge is 0.327 e. The third kappa shape index (κ3) is 2.37. The summed E-state index contributed by atoms with van der Waals surface area (Å²) in [7, 11) is 0. The van der Waals surface area contributed by atoms with E-state index in [0.29, 0.717) is 12.8 Å². The molecule has 1 aromatic rings. The van der Waals surface area contributed by atoms with E-state index >= 15 is 0 Å². The first-order valence-electron chi connectivity index (χ1n) is 6.66. The predicted octanol–water partition coefficient (Wildman–Crippen LogP) is 3.28. The molecule has 3 nitrogen and oxygen atoms in total. The molecule has 1 atom stereocenters. The first-order chi connectivity index (χ1) is 9.66. The van der Waals surface area contributed by atoms with Gasteiger partial charge in [-0.05, 0) is 30.0 Å². The second-order valence-electron chi connectivity index (χ2n) is 4.82. The Balaban J connectivity index is 2.52. The summed E-state index contributed by atoms with van der Waals surface area (Å²) in [4.78, 5) is 12.2. The van der Waals surface area contributed by atoms with Crippen molar-refractivity contribution in [2.24, 2.45) is 5.41 Å². The summed E-state index contributed by atoms with van der Waals surface area (Å²) in [6, 6.07) is 9.97. The quantitative estimate of drug-likeness (QED) is 0.790. The second kappa shape index (κ2) is 5.75. The van der Waals surface area contributed by atoms with Gasteiger partial charge in [0.1, 0.15) is 0 Å². The minimum Gasteiger partial charge on any atom is -0.465 e. The Labute approximate surface area is 119 Å². The zero-order valence-corrected chi connectivity index (χ0v) is 11.6. The van der Waals surface area contributed by atoms with Crippen LogP contribution in [0.1, 0.15) is 24.5 Å². The lowest BCUT2D eigenvalue weighted by Crippen LogP contribution is -2.33. The van der Waals surface area contributed by atoms with E-state index in [-0.39, 0.29) is 6.61 Å². The molecule has 0 amide bonds. The first-order valence-corrected chi connectivity index (χ1v) is 6.66. The van der Waals surface area contributed by atoms with Crippen LogP contribution in [0.4, 0.5) is 0 Å². The van der Waals surface area contributed by atoms with Gasteiger partial charge in [-0.1, -0.05) is 43.0 Å². The Bertz CT molecular complexity index is 610. The number of esters is 1. The third-order valence-electron chi connectivity index (χ3n) is 3.59. The summed E-state index contributed by atoms with van der Waals surface area (Å²) in [5.74, 6) is -0.445. The molecule has 0 fully saturated rings. The number of nitriles is 1. The molecule has 2 rings (SSSR count). The fourth-order valence-corrected chi connectivity index (χ4v) is 2.50. The molecule has 1 aliphatic rings. The lowest BCUT2D eigenvalue weighted by atomic mass is 9.80. The predicted molar refractivity (Wildman–Crippen MR) is 77.6 cm³/mol. The van der Waals surface area contributed by atoms with E-state index in [1.54, 1.807) is 13.0 Å². The van der Waals surface area contributed by atoms with Crippen LogP contribution in [0.5, 0.6) is 0 Å². The zero-order chi connectivity index (χ0) is 14.6. The number of rotatable bonds is 3. The number of allylic oxidation sites excluding steroid dienone is 3. The molecule has 0 saturated carbocycles. The molecule has 20 heavy (non-hydrogen) atoms. The Kier molecular flexibility index (Phi) is 4.05. The van der Waals surface area contributed by atoms with Crippen molar-refractivity contribution < 1.29 is 9.53 Å². The molecule has 102 valence electrons. The number of fused-ring (bicyclic) bond motifs is 1. The van der Waals surface area contributed by atoms with Crippen LogP contribution in [0.3, 0.4) is 0 Å². The number of nitrogens with zero attached hydrogens (tertiary/aromatic N) is 1. The highest BCUT2D eigenvalue weighted by atomic mass is 16.5. The van der Waals surface area contributed by atoms with E-state index in [1.807, 2.05) is 30.3 Å². The largest absolute Gasteiger partial charge is 0.465 e. The number of benzene rings is 1. The van der Waals surface area contributed by atoms with Crippen LogP contribution in [0.15, 0.2) is 43.0 Å². The van der Waals surface area contributed by atoms with Crippen LogP contribution in [-0.4, -0.2) is 12.6 Å². The van der Waals surface area contributed by atoms with E-state index in [4.69, 9.17) is 4.74 Å². The van der Waals surface area contributed by atoms with Crippen LogP contribution in [0.2, 0.25) is 0 Å². The second-order valence-corrected chi connectivity index (χ2v) is 4.82. The van der Waals surface area contributed by atoms with Gasteiger partial charge < -0.3 is 4.74 Å². The Morgan fingerprint density at radius 3 is 2.95 bits per heavy atom. The SMILES string of the molecule is C=CC1=CCC(C#N)(C(=O)OCC)Cc2ccccc21. The van der Waals surface area contributed by atoms with Gasteiger partial charge in [-0.2, -0.15) is 5.26 Å². The maximum Gasteiger partial charge on any atom is 0.327 e. The molecular weight excluding hydrogens is 250 g/mol. The molecule has 0 spiro atoms. The number of ether oxygens (including phenoxy) is 1. The van der Waals surface area contributed by atoms with Gasteiger partial charge in [0.25, 0.3) is 0 Å². The number of carbonyl (C=O) groups excluding carboxylic acids is 1. The van der Waals surface area contributed by atoms with Crippen LogP contribution in [0.25, 0.3) is 5.57 Å². The van der Waals surface area contributed by atoms with E-state index in [9.17, 15) is 10.1 Å². The minimum absolute atomic E-state index is 0.280. The van der Waals surface area contributed by atoms with Crippen molar-refractivity contribution in [2.75, 3.05) is 6.61 Å². The number of hydrogen-bond donors (Lipinski definition) is 0. The number of carbonyl (C=O) groups is 1. The van der Waals surface area contributed by atoms with Crippen molar-refractivity contribution in [1.29, 1.82) is 5.26 Å². The Morgan fingerprint density at radius 1 is 1.55 bits per heavy atom. The summed E-state index contributed by atoms with van der Waals surface area (Å²) < 4.78 is 5.10. The molecular formula is C17H17NO2. The lowest BCUT2D eigenvalue weighted by molar-refractivity contribution is -0.151. The monoisotopic (exact) mass is 267 g/mol. The van der Waals surface area contributed by atoms with Gasteiger partial charge in [0.05, 0.1) is 12.7 Å². The molecule has 1 aromatic carbocycles. The third-order valence-corrected chi connectivity index (χ3v) is 3.59. The van der Waals surface area contributed by atoms with Gasteiger partial charge in [-0.3, -0.25) is 4.79 Å². The van der Waals surface area contributed by atoms with Crippen molar-refractivity contribution in [3.63, 3.8) is 0 Å². The normalized spacial score (nSPS) is 20.9. The van der Waals surface area contributed by atoms with Gasteiger partial charge >= 0.3 is 5.97 Å². The zero-order valence-electron chi connectivity index (χ0n) is 11.6. The maximum absolute atomic E-state index is 12.2. The highest BCUT2D eigenvalue weighted by Crippen LogP contribution is 2.37. The molecule has 0 bridgehead atoms. The maximum atomic E-state index is 12.2. The molecule has 0 aromatic heterocycles. The van der Waals surface area contributed by atoms with E-state index < -0.39 is 11.4 Å². The van der Waals surface area contributed by atoms with Gasteiger partial charge in [-0.25, -0.2) is 0 Å². The van der Waals surface area contributed by atoms with Crippen LogP contribution in [-0.2, 0) is 16.0 Å². The molecule has 0 saturated heterocycles. The van der Waals surface area contributed by atoms with Gasteiger partial charge in [0, 0.05) is 6.42 Å². The fourth-order valence-electron chi connectivity index (χ4n) is 2.50. The fraction of sp³-hybridized carbons (Fsp3) is 0.294. The summed E-state index contributed by atoms with van der Waals surface area (Å²) in [6.07, 6.45) is 4.38. The lowest BCUT2D eigenvalue weighted by Gasteiger charge is -2.22. The van der Waals surface area contributed by atoms with Crippen molar-refractivity contribution in [1.82, 2.24) is 0 Å². The van der Waals surface area contributed by atoms with Crippen molar-refractivity contribution in [3.8, 4) is 6.07 Å². The molecule has 0 N–H and O–H groups in total. The topological polar surface area (TPSA) is 50.1 Å². The average molecular weight is 267 g/mol. The highest BCUT2D eigenvalue weighted by molar-refractivity contribution is 5.84. The molecule has 1 aliphatic carbocycles. The minimum atomic E-state index is -1.14. The van der Waals surface area contributed by atoms with Gasteiger partial charge in [-0.15, -0.1) is 0 Å². The van der Waals surface area contributed by atoms with Crippen LogP contribution >= 0.6 is 0 Å². The van der Waals surface area contributed by atoms with E-state index in [1.165, 1.54) is 0 Å². The Hall–Kier alpha value is -2.34. The average Bonchev–Trinajstić information content (AvgIpc) is 2.64. The van der Waals surface area contributed by atoms with Crippen LogP contribution in [0, 0.1) is 16.7 Å². The molecule has 0 aliphatic heterocycles. The molecule has 1 unspecified atom stereocenters. The molecule has 0 radical (unpaired) electrons. The van der Waals surface area contributed by atoms with Crippen LogP contribution < -0.4 is 0 Å². The van der Waals surface area contributed by atoms with E-state index in [2.05, 4.69) is 12.6 Å². The summed E-state index contributed by atoms with van der Waals surface area (Å²) in [5.41, 5.74) is 1.83. The summed E-state index contributed by atoms with van der Waals surface area (Å²) in [6.45, 7) is 5.84.